The molecule has 4 rings (SSSR count). The fourth-order valence-electron chi connectivity index (χ4n) is 3.65. The van der Waals surface area contributed by atoms with Crippen molar-refractivity contribution in [1.29, 1.82) is 0 Å². The number of hydrogen-bond donors (Lipinski definition) is 1. The first-order valence-electron chi connectivity index (χ1n) is 8.59. The summed E-state index contributed by atoms with van der Waals surface area (Å²) in [6, 6.07) is 15.7. The number of likely N-dealkylation sites (N-methyl/N-ethyl adjacent to an activating group) is 1. The first-order chi connectivity index (χ1) is 12.1. The SMILES string of the molecule is COc1ccc(C(=O)N(C)CC2(c3c[nH]c4ccccc34)CC2)cc1. The van der Waals surface area contributed by atoms with Crippen LogP contribution >= 0.6 is 0 Å². The number of hydrogen-bond acceptors (Lipinski definition) is 2. The quantitative estimate of drug-likeness (QED) is 0.767. The topological polar surface area (TPSA) is 45.3 Å². The Morgan fingerprint density at radius 2 is 1.88 bits per heavy atom. The summed E-state index contributed by atoms with van der Waals surface area (Å²) in [6.07, 6.45) is 4.35. The Bertz CT molecular complexity index is 907. The number of carbonyl (C=O) groups excluding carboxylic acids is 1. The molecular formula is C21H22N2O2. The second-order valence-electron chi connectivity index (χ2n) is 6.92. The molecule has 0 unspecified atom stereocenters. The zero-order valence-corrected chi connectivity index (χ0v) is 14.6. The van der Waals surface area contributed by atoms with Gasteiger partial charge in [-0.05, 0) is 48.7 Å². The lowest BCUT2D eigenvalue weighted by Crippen LogP contribution is -2.34. The largest absolute Gasteiger partial charge is 0.497 e. The lowest BCUT2D eigenvalue weighted by Gasteiger charge is -2.24. The van der Waals surface area contributed by atoms with Crippen LogP contribution in [0.3, 0.4) is 0 Å². The molecule has 0 bridgehead atoms. The minimum absolute atomic E-state index is 0.0498. The monoisotopic (exact) mass is 334 g/mol. The Hall–Kier alpha value is -2.75. The number of ether oxygens (including phenoxy) is 1. The summed E-state index contributed by atoms with van der Waals surface area (Å²) in [7, 11) is 3.52. The summed E-state index contributed by atoms with van der Waals surface area (Å²) in [5.74, 6) is 0.811. The second kappa shape index (κ2) is 5.96. The van der Waals surface area contributed by atoms with Crippen molar-refractivity contribution in [1.82, 2.24) is 9.88 Å². The van der Waals surface area contributed by atoms with E-state index in [9.17, 15) is 4.79 Å². The maximum atomic E-state index is 12.8. The minimum atomic E-state index is 0.0498. The van der Waals surface area contributed by atoms with Crippen LogP contribution in [0.2, 0.25) is 0 Å². The summed E-state index contributed by atoms with van der Waals surface area (Å²) in [5.41, 5.74) is 3.26. The fourth-order valence-corrected chi connectivity index (χ4v) is 3.65. The molecule has 1 N–H and O–H groups in total. The Morgan fingerprint density at radius 1 is 1.16 bits per heavy atom. The summed E-state index contributed by atoms with van der Waals surface area (Å²) in [6.45, 7) is 0.736. The number of rotatable bonds is 5. The number of H-pyrrole nitrogens is 1. The first-order valence-corrected chi connectivity index (χ1v) is 8.59. The molecule has 1 heterocycles. The van der Waals surface area contributed by atoms with Crippen molar-refractivity contribution in [2.75, 3.05) is 20.7 Å². The maximum Gasteiger partial charge on any atom is 0.253 e. The molecule has 0 spiro atoms. The van der Waals surface area contributed by atoms with Crippen LogP contribution in [0, 0.1) is 0 Å². The zero-order chi connectivity index (χ0) is 17.4. The lowest BCUT2D eigenvalue weighted by atomic mass is 9.94. The van der Waals surface area contributed by atoms with Crippen molar-refractivity contribution in [3.8, 4) is 5.75 Å². The predicted octanol–water partition coefficient (Wildman–Crippen LogP) is 3.98. The lowest BCUT2D eigenvalue weighted by molar-refractivity contribution is 0.0781. The molecule has 4 heteroatoms. The molecule has 0 radical (unpaired) electrons. The van der Waals surface area contributed by atoms with Gasteiger partial charge in [-0.1, -0.05) is 18.2 Å². The van der Waals surface area contributed by atoms with Gasteiger partial charge in [-0.2, -0.15) is 0 Å². The zero-order valence-electron chi connectivity index (χ0n) is 14.6. The molecule has 1 amide bonds. The number of nitrogens with zero attached hydrogens (tertiary/aromatic N) is 1. The molecule has 0 aliphatic heterocycles. The van der Waals surface area contributed by atoms with Crippen molar-refractivity contribution < 1.29 is 9.53 Å². The van der Waals surface area contributed by atoms with Gasteiger partial charge in [-0.3, -0.25) is 4.79 Å². The second-order valence-corrected chi connectivity index (χ2v) is 6.92. The smallest absolute Gasteiger partial charge is 0.253 e. The van der Waals surface area contributed by atoms with Crippen LogP contribution in [-0.4, -0.2) is 36.5 Å². The van der Waals surface area contributed by atoms with Gasteiger partial charge in [0.15, 0.2) is 0 Å². The Labute approximate surface area is 147 Å². The third-order valence-electron chi connectivity index (χ3n) is 5.24. The van der Waals surface area contributed by atoms with E-state index in [4.69, 9.17) is 4.74 Å². The van der Waals surface area contributed by atoms with Gasteiger partial charge in [-0.15, -0.1) is 0 Å². The van der Waals surface area contributed by atoms with Crippen LogP contribution in [0.5, 0.6) is 5.75 Å². The molecule has 25 heavy (non-hydrogen) atoms. The standard InChI is InChI=1S/C21H22N2O2/c1-23(20(24)15-7-9-16(25-2)10-8-15)14-21(11-12-21)18-13-22-19-6-4-3-5-17(18)19/h3-10,13,22H,11-12,14H2,1-2H3. The average molecular weight is 334 g/mol. The number of fused-ring (bicyclic) bond motifs is 1. The normalized spacial score (nSPS) is 15.1. The van der Waals surface area contributed by atoms with E-state index in [-0.39, 0.29) is 11.3 Å². The van der Waals surface area contributed by atoms with Crippen LogP contribution in [0.1, 0.15) is 28.8 Å². The molecule has 0 saturated heterocycles. The van der Waals surface area contributed by atoms with Crippen LogP contribution in [0.25, 0.3) is 10.9 Å². The number of carbonyl (C=O) groups is 1. The number of methoxy groups -OCH3 is 1. The van der Waals surface area contributed by atoms with Gasteiger partial charge in [-0.25, -0.2) is 0 Å². The van der Waals surface area contributed by atoms with Crippen molar-refractivity contribution >= 4 is 16.8 Å². The Morgan fingerprint density at radius 3 is 2.56 bits per heavy atom. The van der Waals surface area contributed by atoms with Crippen LogP contribution in [0.15, 0.2) is 54.7 Å². The number of aromatic nitrogens is 1. The molecule has 2 aromatic carbocycles. The molecule has 1 saturated carbocycles. The van der Waals surface area contributed by atoms with E-state index in [2.05, 4.69) is 29.4 Å². The summed E-state index contributed by atoms with van der Waals surface area (Å²) >= 11 is 0. The number of benzene rings is 2. The predicted molar refractivity (Wildman–Crippen MR) is 99.2 cm³/mol. The number of amides is 1. The third-order valence-corrected chi connectivity index (χ3v) is 5.24. The molecule has 4 nitrogen and oxygen atoms in total. The van der Waals surface area contributed by atoms with E-state index < -0.39 is 0 Å². The van der Waals surface area contributed by atoms with Gasteiger partial charge in [0.25, 0.3) is 5.91 Å². The van der Waals surface area contributed by atoms with E-state index in [0.717, 1.165) is 30.7 Å². The third kappa shape index (κ3) is 2.78. The van der Waals surface area contributed by atoms with Gasteiger partial charge in [0, 0.05) is 41.7 Å². The van der Waals surface area contributed by atoms with Gasteiger partial charge in [0.1, 0.15) is 5.75 Å². The van der Waals surface area contributed by atoms with Gasteiger partial charge in [0.05, 0.1) is 7.11 Å². The van der Waals surface area contributed by atoms with Gasteiger partial charge in [0.2, 0.25) is 0 Å². The van der Waals surface area contributed by atoms with E-state index in [1.807, 2.05) is 42.3 Å². The molecule has 0 atom stereocenters. The number of nitrogens with one attached hydrogen (secondary N) is 1. The molecule has 1 aliphatic rings. The number of para-hydroxylation sites is 1. The Kier molecular flexibility index (Phi) is 3.75. The molecule has 128 valence electrons. The van der Waals surface area contributed by atoms with Gasteiger partial charge < -0.3 is 14.6 Å². The highest BCUT2D eigenvalue weighted by Crippen LogP contribution is 2.50. The highest BCUT2D eigenvalue weighted by molar-refractivity contribution is 5.94. The van der Waals surface area contributed by atoms with E-state index in [1.54, 1.807) is 7.11 Å². The van der Waals surface area contributed by atoms with E-state index in [0.29, 0.717) is 5.56 Å². The van der Waals surface area contributed by atoms with Crippen molar-refractivity contribution in [3.63, 3.8) is 0 Å². The molecule has 1 aromatic heterocycles. The molecule has 1 fully saturated rings. The maximum absolute atomic E-state index is 12.8. The molecular weight excluding hydrogens is 312 g/mol. The van der Waals surface area contributed by atoms with Gasteiger partial charge >= 0.3 is 0 Å². The van der Waals surface area contributed by atoms with Crippen molar-refractivity contribution in [2.24, 2.45) is 0 Å². The van der Waals surface area contributed by atoms with Crippen LogP contribution in [0.4, 0.5) is 0 Å². The molecule has 3 aromatic rings. The Balaban J connectivity index is 1.55. The molecule has 1 aliphatic carbocycles. The minimum Gasteiger partial charge on any atom is -0.497 e. The highest BCUT2D eigenvalue weighted by atomic mass is 16.5. The van der Waals surface area contributed by atoms with Crippen LogP contribution < -0.4 is 4.74 Å². The van der Waals surface area contributed by atoms with E-state index in [1.165, 1.54) is 10.9 Å². The van der Waals surface area contributed by atoms with Crippen LogP contribution in [-0.2, 0) is 5.41 Å². The average Bonchev–Trinajstić information content (AvgIpc) is 3.29. The highest BCUT2D eigenvalue weighted by Gasteiger charge is 2.47. The summed E-state index contributed by atoms with van der Waals surface area (Å²) in [5, 5.41) is 1.27. The van der Waals surface area contributed by atoms with E-state index >= 15 is 0 Å². The summed E-state index contributed by atoms with van der Waals surface area (Å²) < 4.78 is 5.16. The first kappa shape index (κ1) is 15.8. The summed E-state index contributed by atoms with van der Waals surface area (Å²) in [4.78, 5) is 18.0. The number of aromatic amines is 1. The van der Waals surface area contributed by atoms with Crippen molar-refractivity contribution in [2.45, 2.75) is 18.3 Å². The fraction of sp³-hybridized carbons (Fsp3) is 0.286. The van der Waals surface area contributed by atoms with Crippen molar-refractivity contribution in [3.05, 3.63) is 65.9 Å².